The predicted octanol–water partition coefficient (Wildman–Crippen LogP) is 1.28. The van der Waals surface area contributed by atoms with Crippen LogP contribution in [0.5, 0.6) is 5.75 Å². The maximum Gasteiger partial charge on any atom is 0.213 e. The van der Waals surface area contributed by atoms with E-state index in [0.29, 0.717) is 11.4 Å². The molecule has 2 rings (SSSR count). The van der Waals surface area contributed by atoms with E-state index in [4.69, 9.17) is 9.84 Å². The third-order valence-electron chi connectivity index (χ3n) is 1.97. The van der Waals surface area contributed by atoms with Gasteiger partial charge in [-0.15, -0.1) is 0 Å². The Morgan fingerprint density at radius 2 is 2.31 bits per heavy atom. The quantitative estimate of drug-likeness (QED) is 0.847. The van der Waals surface area contributed by atoms with Gasteiger partial charge in [0.2, 0.25) is 12.2 Å². The van der Waals surface area contributed by atoms with Gasteiger partial charge in [0.15, 0.2) is 18.2 Å². The van der Waals surface area contributed by atoms with E-state index >= 15 is 0 Å². The van der Waals surface area contributed by atoms with Gasteiger partial charge in [-0.05, 0) is 6.07 Å². The van der Waals surface area contributed by atoms with Crippen LogP contribution >= 0.6 is 0 Å². The minimum Gasteiger partial charge on any atom is -0.482 e. The second-order valence-corrected chi connectivity index (χ2v) is 3.02. The number of halogens is 1. The van der Waals surface area contributed by atoms with E-state index in [1.54, 1.807) is 6.07 Å². The molecule has 0 bridgehead atoms. The molecule has 1 aromatic heterocycles. The Morgan fingerprint density at radius 3 is 3.00 bits per heavy atom. The van der Waals surface area contributed by atoms with Crippen LogP contribution in [0.3, 0.4) is 0 Å². The molecule has 0 spiro atoms. The normalized spacial score (nSPS) is 10.4. The van der Waals surface area contributed by atoms with Crippen LogP contribution in [0, 0.1) is 5.82 Å². The van der Waals surface area contributed by atoms with Crippen molar-refractivity contribution in [1.82, 2.24) is 10.1 Å². The third kappa shape index (κ3) is 2.17. The number of hydrogen-bond donors (Lipinski definition) is 1. The molecule has 0 fully saturated rings. The van der Waals surface area contributed by atoms with Crippen LogP contribution in [0.15, 0.2) is 29.1 Å². The molecule has 84 valence electrons. The molecule has 0 amide bonds. The number of aliphatic hydroxyl groups is 1. The Labute approximate surface area is 90.5 Å². The first kappa shape index (κ1) is 10.6. The van der Waals surface area contributed by atoms with Gasteiger partial charge < -0.3 is 14.4 Å². The number of ether oxygens (including phenoxy) is 1. The third-order valence-corrected chi connectivity index (χ3v) is 1.97. The zero-order valence-corrected chi connectivity index (χ0v) is 8.26. The summed E-state index contributed by atoms with van der Waals surface area (Å²) < 4.78 is 23.1. The second-order valence-electron chi connectivity index (χ2n) is 3.02. The monoisotopic (exact) mass is 224 g/mol. The van der Waals surface area contributed by atoms with Gasteiger partial charge in [0.05, 0.1) is 6.61 Å². The van der Waals surface area contributed by atoms with Gasteiger partial charge in [0, 0.05) is 5.56 Å². The number of benzene rings is 1. The summed E-state index contributed by atoms with van der Waals surface area (Å²) in [7, 11) is 0. The Kier molecular flexibility index (Phi) is 3.11. The molecule has 0 atom stereocenters. The molecule has 6 heteroatoms. The Balaban J connectivity index is 2.14. The van der Waals surface area contributed by atoms with E-state index < -0.39 is 5.82 Å². The van der Waals surface area contributed by atoms with Crippen molar-refractivity contribution < 1.29 is 18.8 Å². The van der Waals surface area contributed by atoms with Gasteiger partial charge in [-0.25, -0.2) is 4.39 Å². The van der Waals surface area contributed by atoms with Crippen LogP contribution in [0.4, 0.5) is 4.39 Å². The lowest BCUT2D eigenvalue weighted by molar-refractivity contribution is 0.244. The van der Waals surface area contributed by atoms with Gasteiger partial charge in [0.1, 0.15) is 0 Å². The maximum atomic E-state index is 13.4. The molecule has 0 saturated heterocycles. The highest BCUT2D eigenvalue weighted by molar-refractivity contribution is 5.34. The van der Waals surface area contributed by atoms with Crippen molar-refractivity contribution in [1.29, 1.82) is 0 Å². The van der Waals surface area contributed by atoms with Gasteiger partial charge >= 0.3 is 0 Å². The minimum atomic E-state index is -0.532. The van der Waals surface area contributed by atoms with Gasteiger partial charge in [-0.1, -0.05) is 17.3 Å². The lowest BCUT2D eigenvalue weighted by Gasteiger charge is -2.08. The van der Waals surface area contributed by atoms with E-state index in [0.717, 1.165) is 6.39 Å². The average molecular weight is 224 g/mol. The summed E-state index contributed by atoms with van der Waals surface area (Å²) in [6.45, 7) is -0.302. The topological polar surface area (TPSA) is 68.4 Å². The van der Waals surface area contributed by atoms with Crippen LogP contribution < -0.4 is 4.74 Å². The summed E-state index contributed by atoms with van der Waals surface area (Å²) in [5.74, 6) is -0.211. The lowest BCUT2D eigenvalue weighted by Crippen LogP contribution is -2.02. The highest BCUT2D eigenvalue weighted by Crippen LogP contribution is 2.23. The largest absolute Gasteiger partial charge is 0.482 e. The number of aromatic nitrogens is 2. The minimum absolute atomic E-state index is 0.00907. The Bertz CT molecular complexity index is 459. The zero-order valence-electron chi connectivity index (χ0n) is 8.26. The molecule has 0 saturated carbocycles. The summed E-state index contributed by atoms with van der Waals surface area (Å²) in [6.07, 6.45) is 1.16. The van der Waals surface area contributed by atoms with Crippen LogP contribution in [-0.2, 0) is 13.2 Å². The fourth-order valence-corrected chi connectivity index (χ4v) is 1.23. The van der Waals surface area contributed by atoms with E-state index in [1.807, 2.05) is 0 Å². The van der Waals surface area contributed by atoms with Crippen LogP contribution in [0.25, 0.3) is 0 Å². The Hall–Kier alpha value is -1.95. The van der Waals surface area contributed by atoms with E-state index in [9.17, 15) is 4.39 Å². The van der Waals surface area contributed by atoms with E-state index in [1.165, 1.54) is 12.1 Å². The standard InChI is InChI=1S/C10H9FN2O3/c11-8-3-1-2-7(4-14)10(8)15-5-9-12-6-16-13-9/h1-3,6,14H,4-5H2. The maximum absolute atomic E-state index is 13.4. The molecule has 16 heavy (non-hydrogen) atoms. The smallest absolute Gasteiger partial charge is 0.213 e. The van der Waals surface area contributed by atoms with Crippen molar-refractivity contribution in [3.8, 4) is 5.75 Å². The summed E-state index contributed by atoms with van der Waals surface area (Å²) in [5.41, 5.74) is 0.378. The van der Waals surface area contributed by atoms with Crippen molar-refractivity contribution in [2.24, 2.45) is 0 Å². The van der Waals surface area contributed by atoms with Crippen molar-refractivity contribution >= 4 is 0 Å². The lowest BCUT2D eigenvalue weighted by atomic mass is 10.2. The van der Waals surface area contributed by atoms with Gasteiger partial charge in [0.25, 0.3) is 0 Å². The second kappa shape index (κ2) is 4.71. The molecule has 0 unspecified atom stereocenters. The number of rotatable bonds is 4. The average Bonchev–Trinajstić information content (AvgIpc) is 2.80. The first-order valence-electron chi connectivity index (χ1n) is 4.57. The summed E-state index contributed by atoms with van der Waals surface area (Å²) >= 11 is 0. The first-order chi connectivity index (χ1) is 7.81. The molecule has 2 aromatic rings. The molecule has 1 aromatic carbocycles. The van der Waals surface area contributed by atoms with E-state index in [-0.39, 0.29) is 19.0 Å². The van der Waals surface area contributed by atoms with Crippen molar-refractivity contribution in [3.63, 3.8) is 0 Å². The number of aliphatic hydroxyl groups excluding tert-OH is 1. The Morgan fingerprint density at radius 1 is 1.44 bits per heavy atom. The predicted molar refractivity (Wildman–Crippen MR) is 51.0 cm³/mol. The first-order valence-corrected chi connectivity index (χ1v) is 4.57. The van der Waals surface area contributed by atoms with Gasteiger partial charge in [-0.2, -0.15) is 4.98 Å². The van der Waals surface area contributed by atoms with E-state index in [2.05, 4.69) is 14.7 Å². The molecule has 5 nitrogen and oxygen atoms in total. The summed E-state index contributed by atoms with van der Waals surface area (Å²) in [6, 6.07) is 4.33. The highest BCUT2D eigenvalue weighted by Gasteiger charge is 2.10. The molecule has 0 aliphatic rings. The van der Waals surface area contributed by atoms with Crippen molar-refractivity contribution in [2.45, 2.75) is 13.2 Å². The zero-order chi connectivity index (χ0) is 11.4. The number of nitrogens with zero attached hydrogens (tertiary/aromatic N) is 2. The van der Waals surface area contributed by atoms with Crippen LogP contribution in [-0.4, -0.2) is 15.2 Å². The molecular weight excluding hydrogens is 215 g/mol. The van der Waals surface area contributed by atoms with Crippen molar-refractivity contribution in [2.75, 3.05) is 0 Å². The molecule has 1 N–H and O–H groups in total. The molecule has 1 heterocycles. The molecule has 0 aliphatic carbocycles. The molecular formula is C10H9FN2O3. The van der Waals surface area contributed by atoms with Gasteiger partial charge in [-0.3, -0.25) is 0 Å². The fourth-order valence-electron chi connectivity index (χ4n) is 1.23. The fraction of sp³-hybridized carbons (Fsp3) is 0.200. The summed E-state index contributed by atoms with van der Waals surface area (Å²) in [5, 5.41) is 12.5. The molecule has 0 radical (unpaired) electrons. The summed E-state index contributed by atoms with van der Waals surface area (Å²) in [4.78, 5) is 3.73. The van der Waals surface area contributed by atoms with Crippen LogP contribution in [0.1, 0.15) is 11.4 Å². The van der Waals surface area contributed by atoms with Crippen molar-refractivity contribution in [3.05, 3.63) is 41.8 Å². The van der Waals surface area contributed by atoms with Crippen LogP contribution in [0.2, 0.25) is 0 Å². The number of hydrogen-bond acceptors (Lipinski definition) is 5. The SMILES string of the molecule is OCc1cccc(F)c1OCc1ncon1. The highest BCUT2D eigenvalue weighted by atomic mass is 19.1. The number of para-hydroxylation sites is 1. The molecule has 0 aliphatic heterocycles.